The van der Waals surface area contributed by atoms with Crippen LogP contribution in [0.25, 0.3) is 0 Å². The first-order chi connectivity index (χ1) is 15.0. The molecule has 1 unspecified atom stereocenters. The number of carbonyl (C=O) groups excluding carboxylic acids is 2. The first-order valence-electron chi connectivity index (χ1n) is 10.1. The van der Waals surface area contributed by atoms with Crippen molar-refractivity contribution in [2.45, 2.75) is 43.8 Å². The van der Waals surface area contributed by atoms with E-state index in [-0.39, 0.29) is 18.7 Å². The summed E-state index contributed by atoms with van der Waals surface area (Å²) < 4.78 is 10.7. The van der Waals surface area contributed by atoms with E-state index in [1.165, 1.54) is 7.11 Å². The van der Waals surface area contributed by atoms with Gasteiger partial charge in [-0.15, -0.1) is 12.3 Å². The van der Waals surface area contributed by atoms with Crippen LogP contribution in [0.4, 0.5) is 0 Å². The first-order valence-corrected chi connectivity index (χ1v) is 10.1. The Kier molecular flexibility index (Phi) is 7.39. The molecule has 160 valence electrons. The largest absolute Gasteiger partial charge is 0.467 e. The zero-order valence-electron chi connectivity index (χ0n) is 17.4. The van der Waals surface area contributed by atoms with Crippen LogP contribution in [0.2, 0.25) is 0 Å². The van der Waals surface area contributed by atoms with E-state index >= 15 is 0 Å². The predicted molar refractivity (Wildman–Crippen MR) is 115 cm³/mol. The fraction of sp³-hybridized carbons (Fsp3) is 0.333. The number of ether oxygens (including phenoxy) is 2. The third-order valence-corrected chi connectivity index (χ3v) is 4.94. The molecule has 0 radical (unpaired) electrons. The molecule has 1 atom stereocenters. The fourth-order valence-electron chi connectivity index (χ4n) is 3.18. The van der Waals surface area contributed by atoms with Gasteiger partial charge < -0.3 is 14.8 Å². The second kappa shape index (κ2) is 10.4. The molecule has 0 spiro atoms. The normalized spacial score (nSPS) is 14.2. The van der Waals surface area contributed by atoms with Gasteiger partial charge in [0.25, 0.3) is 0 Å². The van der Waals surface area contributed by atoms with E-state index < -0.39 is 17.7 Å². The lowest BCUT2D eigenvalue weighted by atomic mass is 10.0. The molecule has 1 aliphatic heterocycles. The summed E-state index contributed by atoms with van der Waals surface area (Å²) in [6, 6.07) is 16.0. The third-order valence-electron chi connectivity index (χ3n) is 4.94. The highest BCUT2D eigenvalue weighted by atomic mass is 16.5. The van der Waals surface area contributed by atoms with Crippen LogP contribution < -0.4 is 10.1 Å². The quantitative estimate of drug-likeness (QED) is 0.440. The van der Waals surface area contributed by atoms with Crippen molar-refractivity contribution in [2.24, 2.45) is 10.2 Å². The van der Waals surface area contributed by atoms with Gasteiger partial charge in [-0.25, -0.2) is 4.79 Å². The molecule has 2 aromatic carbocycles. The minimum Gasteiger partial charge on any atom is -0.467 e. The minimum atomic E-state index is -0.806. The Bertz CT molecular complexity index is 976. The van der Waals surface area contributed by atoms with Gasteiger partial charge in [0.1, 0.15) is 17.5 Å². The lowest BCUT2D eigenvalue weighted by Gasteiger charge is -2.18. The van der Waals surface area contributed by atoms with Crippen molar-refractivity contribution in [1.82, 2.24) is 5.32 Å². The lowest BCUT2D eigenvalue weighted by Crippen LogP contribution is -2.43. The highest BCUT2D eigenvalue weighted by Gasteiger charge is 2.39. The number of carbonyl (C=O) groups is 2. The topological polar surface area (TPSA) is 89.3 Å². The maximum absolute atomic E-state index is 12.5. The molecule has 0 aliphatic carbocycles. The van der Waals surface area contributed by atoms with Gasteiger partial charge in [-0.1, -0.05) is 30.3 Å². The number of esters is 1. The maximum atomic E-state index is 12.5. The van der Waals surface area contributed by atoms with Crippen molar-refractivity contribution in [3.63, 3.8) is 0 Å². The van der Waals surface area contributed by atoms with Gasteiger partial charge in [-0.3, -0.25) is 4.79 Å². The number of amides is 1. The van der Waals surface area contributed by atoms with Crippen molar-refractivity contribution in [1.29, 1.82) is 0 Å². The average molecular weight is 419 g/mol. The van der Waals surface area contributed by atoms with E-state index in [9.17, 15) is 9.59 Å². The second-order valence-corrected chi connectivity index (χ2v) is 7.30. The van der Waals surface area contributed by atoms with Crippen LogP contribution in [0, 0.1) is 12.3 Å². The van der Waals surface area contributed by atoms with Crippen LogP contribution in [0.5, 0.6) is 11.5 Å². The van der Waals surface area contributed by atoms with Gasteiger partial charge in [0.15, 0.2) is 5.66 Å². The molecule has 0 saturated heterocycles. The van der Waals surface area contributed by atoms with Gasteiger partial charge in [-0.05, 0) is 29.8 Å². The Labute approximate surface area is 181 Å². The SMILES string of the molecule is C#CCCC1(CCC(=O)NC(Cc2cccc(Oc3ccccc3)c2)C(=O)OC)N=N1. The Morgan fingerprint density at radius 2 is 1.84 bits per heavy atom. The molecule has 1 aliphatic rings. The lowest BCUT2D eigenvalue weighted by molar-refractivity contribution is -0.145. The standard InChI is InChI=1S/C24H25N3O4/c1-3-4-14-24(26-27-24)15-13-22(28)25-21(23(29)30-2)17-18-9-8-12-20(16-18)31-19-10-6-5-7-11-19/h1,5-12,16,21H,4,13-15,17H2,2H3,(H,25,28). The van der Waals surface area contributed by atoms with E-state index in [1.54, 1.807) is 0 Å². The number of nitrogens with one attached hydrogen (secondary N) is 1. The number of hydrogen-bond donors (Lipinski definition) is 1. The maximum Gasteiger partial charge on any atom is 0.328 e. The van der Waals surface area contributed by atoms with Crippen LogP contribution in [-0.4, -0.2) is 30.7 Å². The average Bonchev–Trinajstić information content (AvgIpc) is 3.56. The van der Waals surface area contributed by atoms with Crippen LogP contribution >= 0.6 is 0 Å². The number of rotatable bonds is 11. The van der Waals surface area contributed by atoms with Crippen molar-refractivity contribution < 1.29 is 19.1 Å². The molecular weight excluding hydrogens is 394 g/mol. The molecule has 2 aromatic rings. The predicted octanol–water partition coefficient (Wildman–Crippen LogP) is 4.03. The van der Waals surface area contributed by atoms with Gasteiger partial charge in [0, 0.05) is 32.1 Å². The van der Waals surface area contributed by atoms with Crippen molar-refractivity contribution >= 4 is 11.9 Å². The molecule has 0 saturated carbocycles. The molecule has 0 fully saturated rings. The Morgan fingerprint density at radius 1 is 1.10 bits per heavy atom. The number of terminal acetylenes is 1. The molecule has 0 bridgehead atoms. The number of benzene rings is 2. The Hall–Kier alpha value is -3.66. The molecule has 1 amide bonds. The summed E-state index contributed by atoms with van der Waals surface area (Å²) >= 11 is 0. The smallest absolute Gasteiger partial charge is 0.328 e. The van der Waals surface area contributed by atoms with E-state index in [0.717, 1.165) is 5.56 Å². The number of para-hydroxylation sites is 1. The summed E-state index contributed by atoms with van der Waals surface area (Å²) in [6.07, 6.45) is 7.42. The number of nitrogens with zero attached hydrogens (tertiary/aromatic N) is 2. The Morgan fingerprint density at radius 3 is 2.52 bits per heavy atom. The first kappa shape index (κ1) is 22.0. The fourth-order valence-corrected chi connectivity index (χ4v) is 3.18. The molecule has 7 nitrogen and oxygen atoms in total. The van der Waals surface area contributed by atoms with E-state index in [0.29, 0.717) is 30.8 Å². The van der Waals surface area contributed by atoms with Crippen molar-refractivity contribution in [2.75, 3.05) is 7.11 Å². The van der Waals surface area contributed by atoms with Crippen molar-refractivity contribution in [3.8, 4) is 23.8 Å². The molecule has 1 N–H and O–H groups in total. The molecule has 0 aromatic heterocycles. The third kappa shape index (κ3) is 6.68. The van der Waals surface area contributed by atoms with Gasteiger partial charge >= 0.3 is 5.97 Å². The van der Waals surface area contributed by atoms with E-state index in [1.807, 2.05) is 54.6 Å². The van der Waals surface area contributed by atoms with E-state index in [4.69, 9.17) is 15.9 Å². The van der Waals surface area contributed by atoms with Crippen LogP contribution in [0.3, 0.4) is 0 Å². The number of hydrogen-bond acceptors (Lipinski definition) is 6. The van der Waals surface area contributed by atoms with Gasteiger partial charge in [-0.2, -0.15) is 10.2 Å². The summed E-state index contributed by atoms with van der Waals surface area (Å²) in [7, 11) is 1.30. The zero-order valence-corrected chi connectivity index (χ0v) is 17.4. The molecule has 1 heterocycles. The van der Waals surface area contributed by atoms with Crippen LogP contribution in [0.15, 0.2) is 64.8 Å². The molecule has 7 heteroatoms. The highest BCUT2D eigenvalue weighted by molar-refractivity contribution is 5.84. The molecule has 31 heavy (non-hydrogen) atoms. The summed E-state index contributed by atoms with van der Waals surface area (Å²) in [6.45, 7) is 0. The summed E-state index contributed by atoms with van der Waals surface area (Å²) in [5, 5.41) is 10.8. The van der Waals surface area contributed by atoms with Gasteiger partial charge in [0.05, 0.1) is 7.11 Å². The molecular formula is C24H25N3O4. The summed E-state index contributed by atoms with van der Waals surface area (Å²) in [5.74, 6) is 3.15. The number of methoxy groups -OCH3 is 1. The van der Waals surface area contributed by atoms with Crippen LogP contribution in [0.1, 0.15) is 31.2 Å². The highest BCUT2D eigenvalue weighted by Crippen LogP contribution is 2.37. The van der Waals surface area contributed by atoms with Crippen molar-refractivity contribution in [3.05, 3.63) is 60.2 Å². The summed E-state index contributed by atoms with van der Waals surface area (Å²) in [4.78, 5) is 24.7. The Balaban J connectivity index is 1.58. The summed E-state index contributed by atoms with van der Waals surface area (Å²) in [5.41, 5.74) is 0.301. The van der Waals surface area contributed by atoms with Gasteiger partial charge in [0.2, 0.25) is 5.91 Å². The minimum absolute atomic E-state index is 0.197. The van der Waals surface area contributed by atoms with Crippen LogP contribution in [-0.2, 0) is 20.7 Å². The second-order valence-electron chi connectivity index (χ2n) is 7.30. The monoisotopic (exact) mass is 419 g/mol. The molecule has 3 rings (SSSR count). The van der Waals surface area contributed by atoms with E-state index in [2.05, 4.69) is 21.5 Å². The zero-order chi connectivity index (χ0) is 22.1.